The summed E-state index contributed by atoms with van der Waals surface area (Å²) in [4.78, 5) is 1.06. The molecule has 0 fully saturated rings. The van der Waals surface area contributed by atoms with Crippen LogP contribution in [0.2, 0.25) is 0 Å². The Hall–Kier alpha value is -0.940. The highest BCUT2D eigenvalue weighted by molar-refractivity contribution is 9.10. The van der Waals surface area contributed by atoms with E-state index in [1.807, 2.05) is 18.4 Å². The van der Waals surface area contributed by atoms with Crippen molar-refractivity contribution in [1.29, 1.82) is 0 Å². The Morgan fingerprint density at radius 3 is 2.71 bits per heavy atom. The molecule has 0 bridgehead atoms. The summed E-state index contributed by atoms with van der Waals surface area (Å²) >= 11 is 4.92. The first-order valence-corrected chi connectivity index (χ1v) is 6.69. The second kappa shape index (κ2) is 5.14. The van der Waals surface area contributed by atoms with Crippen molar-refractivity contribution in [3.05, 3.63) is 50.6 Å². The van der Waals surface area contributed by atoms with Crippen LogP contribution in [0.4, 0.5) is 14.5 Å². The van der Waals surface area contributed by atoms with E-state index in [1.54, 1.807) is 11.3 Å². The summed E-state index contributed by atoms with van der Waals surface area (Å²) in [7, 11) is 0. The van der Waals surface area contributed by atoms with E-state index >= 15 is 0 Å². The van der Waals surface area contributed by atoms with Crippen LogP contribution in [0.1, 0.15) is 17.8 Å². The van der Waals surface area contributed by atoms with E-state index in [0.717, 1.165) is 27.5 Å². The van der Waals surface area contributed by atoms with E-state index in [0.29, 0.717) is 0 Å². The van der Waals surface area contributed by atoms with E-state index in [4.69, 9.17) is 0 Å². The van der Waals surface area contributed by atoms with Crippen LogP contribution in [-0.2, 0) is 0 Å². The largest absolute Gasteiger partial charge is 0.375 e. The van der Waals surface area contributed by atoms with Crippen molar-refractivity contribution in [3.63, 3.8) is 0 Å². The van der Waals surface area contributed by atoms with E-state index in [-0.39, 0.29) is 11.7 Å². The molecule has 90 valence electrons. The second-order valence-electron chi connectivity index (χ2n) is 3.66. The lowest BCUT2D eigenvalue weighted by molar-refractivity contribution is 0.600. The van der Waals surface area contributed by atoms with Crippen molar-refractivity contribution in [2.24, 2.45) is 0 Å². The zero-order valence-corrected chi connectivity index (χ0v) is 11.4. The van der Waals surface area contributed by atoms with Crippen LogP contribution < -0.4 is 5.32 Å². The Labute approximate surface area is 111 Å². The molecule has 2 rings (SSSR count). The Bertz CT molecular complexity index is 527. The summed E-state index contributed by atoms with van der Waals surface area (Å²) in [6.45, 7) is 1.91. The van der Waals surface area contributed by atoms with E-state index in [2.05, 4.69) is 21.2 Å². The van der Waals surface area contributed by atoms with Crippen molar-refractivity contribution in [2.75, 3.05) is 5.32 Å². The maximum atomic E-state index is 13.4. The zero-order valence-electron chi connectivity index (χ0n) is 9.01. The summed E-state index contributed by atoms with van der Waals surface area (Å²) < 4.78 is 27.4. The molecular weight excluding hydrogens is 308 g/mol. The van der Waals surface area contributed by atoms with Gasteiger partial charge in [-0.3, -0.25) is 0 Å². The molecule has 0 aliphatic carbocycles. The van der Waals surface area contributed by atoms with Gasteiger partial charge in [-0.15, -0.1) is 11.3 Å². The molecule has 0 amide bonds. The number of benzene rings is 1. The summed E-state index contributed by atoms with van der Waals surface area (Å²) in [5, 5.41) is 4.91. The maximum Gasteiger partial charge on any atom is 0.146 e. The predicted molar refractivity (Wildman–Crippen MR) is 70.4 cm³/mol. The fourth-order valence-electron chi connectivity index (χ4n) is 1.47. The number of hydrogen-bond donors (Lipinski definition) is 1. The molecule has 1 atom stereocenters. The summed E-state index contributed by atoms with van der Waals surface area (Å²) in [6, 6.07) is 5.28. The van der Waals surface area contributed by atoms with Crippen molar-refractivity contribution in [1.82, 2.24) is 0 Å². The van der Waals surface area contributed by atoms with Crippen LogP contribution in [0.15, 0.2) is 34.1 Å². The quantitative estimate of drug-likeness (QED) is 0.843. The lowest BCUT2D eigenvalue weighted by Gasteiger charge is -2.14. The van der Waals surface area contributed by atoms with Crippen LogP contribution in [0.25, 0.3) is 0 Å². The van der Waals surface area contributed by atoms with Crippen molar-refractivity contribution < 1.29 is 8.78 Å². The zero-order chi connectivity index (χ0) is 12.4. The number of rotatable bonds is 3. The molecule has 1 heterocycles. The van der Waals surface area contributed by atoms with Crippen LogP contribution in [0.5, 0.6) is 0 Å². The van der Waals surface area contributed by atoms with Crippen LogP contribution in [-0.4, -0.2) is 0 Å². The van der Waals surface area contributed by atoms with Crippen LogP contribution >= 0.6 is 27.3 Å². The number of hydrogen-bond acceptors (Lipinski definition) is 2. The molecule has 1 aromatic heterocycles. The van der Waals surface area contributed by atoms with Gasteiger partial charge in [0.1, 0.15) is 11.6 Å². The molecule has 0 saturated heterocycles. The van der Waals surface area contributed by atoms with Gasteiger partial charge in [0.2, 0.25) is 0 Å². The molecule has 5 heteroatoms. The summed E-state index contributed by atoms with van der Waals surface area (Å²) in [6.07, 6.45) is 0. The summed E-state index contributed by atoms with van der Waals surface area (Å²) in [5.74, 6) is -0.901. The van der Waals surface area contributed by atoms with Crippen LogP contribution in [0.3, 0.4) is 0 Å². The van der Waals surface area contributed by atoms with Crippen molar-refractivity contribution in [2.45, 2.75) is 13.0 Å². The monoisotopic (exact) mass is 317 g/mol. The van der Waals surface area contributed by atoms with Crippen molar-refractivity contribution >= 4 is 33.0 Å². The predicted octanol–water partition coefficient (Wildman–Crippen LogP) is 4.96. The molecule has 1 nitrogen and oxygen atoms in total. The number of nitrogens with one attached hydrogen (secondary N) is 1. The summed E-state index contributed by atoms with van der Waals surface area (Å²) in [5.41, 5.74) is 0.182. The topological polar surface area (TPSA) is 12.0 Å². The smallest absolute Gasteiger partial charge is 0.146 e. The van der Waals surface area contributed by atoms with Gasteiger partial charge in [-0.25, -0.2) is 8.78 Å². The minimum absolute atomic E-state index is 0.0670. The van der Waals surface area contributed by atoms with Gasteiger partial charge in [-0.2, -0.15) is 0 Å². The minimum Gasteiger partial charge on any atom is -0.375 e. The Balaban J connectivity index is 2.18. The molecule has 0 aliphatic rings. The third-order valence-electron chi connectivity index (χ3n) is 2.31. The minimum atomic E-state index is -0.450. The third kappa shape index (κ3) is 3.04. The Kier molecular flexibility index (Phi) is 3.79. The molecule has 0 spiro atoms. The first kappa shape index (κ1) is 12.5. The van der Waals surface area contributed by atoms with Gasteiger partial charge in [0, 0.05) is 14.7 Å². The second-order valence-corrected chi connectivity index (χ2v) is 5.52. The van der Waals surface area contributed by atoms with Gasteiger partial charge in [-0.05, 0) is 47.1 Å². The first-order chi connectivity index (χ1) is 8.06. The Morgan fingerprint density at radius 1 is 1.29 bits per heavy atom. The van der Waals surface area contributed by atoms with E-state index < -0.39 is 11.6 Å². The highest BCUT2D eigenvalue weighted by Crippen LogP contribution is 2.28. The van der Waals surface area contributed by atoms with E-state index in [9.17, 15) is 8.78 Å². The molecule has 1 N–H and O–H groups in total. The number of thiophene rings is 1. The van der Waals surface area contributed by atoms with Crippen LogP contribution in [0, 0.1) is 11.6 Å². The fraction of sp³-hybridized carbons (Fsp3) is 0.167. The number of halogens is 3. The van der Waals surface area contributed by atoms with Gasteiger partial charge in [0.05, 0.1) is 11.7 Å². The molecule has 0 aliphatic heterocycles. The number of anilines is 1. The molecule has 0 radical (unpaired) electrons. The highest BCUT2D eigenvalue weighted by Gasteiger charge is 2.11. The fourth-order valence-corrected chi connectivity index (χ4v) is 2.92. The lowest BCUT2D eigenvalue weighted by Crippen LogP contribution is -2.06. The molecule has 1 aromatic carbocycles. The van der Waals surface area contributed by atoms with E-state index in [1.165, 1.54) is 0 Å². The average molecular weight is 318 g/mol. The maximum absolute atomic E-state index is 13.4. The molecule has 1 unspecified atom stereocenters. The molecule has 0 saturated carbocycles. The highest BCUT2D eigenvalue weighted by atomic mass is 79.9. The van der Waals surface area contributed by atoms with Gasteiger partial charge in [0.15, 0.2) is 0 Å². The van der Waals surface area contributed by atoms with Gasteiger partial charge in [0.25, 0.3) is 0 Å². The first-order valence-electron chi connectivity index (χ1n) is 5.02. The Morgan fingerprint density at radius 2 is 2.06 bits per heavy atom. The van der Waals surface area contributed by atoms with Gasteiger partial charge < -0.3 is 5.32 Å². The van der Waals surface area contributed by atoms with Gasteiger partial charge in [-0.1, -0.05) is 0 Å². The average Bonchev–Trinajstić information content (AvgIpc) is 2.70. The molecule has 17 heavy (non-hydrogen) atoms. The normalized spacial score (nSPS) is 12.5. The lowest BCUT2D eigenvalue weighted by atomic mass is 10.2. The molecule has 2 aromatic rings. The van der Waals surface area contributed by atoms with Crippen molar-refractivity contribution in [3.8, 4) is 0 Å². The standard InChI is InChI=1S/C12H10BrF2NS/c1-7(12-4-8(13)6-17-12)16-11-5-9(14)2-3-10(11)15/h2-7,16H,1H3. The SMILES string of the molecule is CC(Nc1cc(F)ccc1F)c1cc(Br)cs1. The molecular formula is C12H10BrF2NS. The third-order valence-corrected chi connectivity index (χ3v) is 4.19. The van der Waals surface area contributed by atoms with Gasteiger partial charge >= 0.3 is 0 Å².